The summed E-state index contributed by atoms with van der Waals surface area (Å²) in [4.78, 5) is 22.7. The number of alkyl halides is 1. The molecule has 2 atom stereocenters. The molecule has 5 heteroatoms. The van der Waals surface area contributed by atoms with Crippen LogP contribution in [0.15, 0.2) is 0 Å². The SMILES string of the molecule is CCC(C)(I)C(=O)OC1(C)COC(=O)C1. The minimum atomic E-state index is -0.782. The molecule has 15 heavy (non-hydrogen) atoms. The maximum Gasteiger partial charge on any atom is 0.322 e. The number of cyclic esters (lactones) is 1. The van der Waals surface area contributed by atoms with E-state index in [-0.39, 0.29) is 25.0 Å². The van der Waals surface area contributed by atoms with Crippen LogP contribution in [0, 0.1) is 0 Å². The molecule has 1 fully saturated rings. The Morgan fingerprint density at radius 3 is 2.73 bits per heavy atom. The molecule has 1 heterocycles. The first-order valence-corrected chi connectivity index (χ1v) is 5.95. The number of hydrogen-bond donors (Lipinski definition) is 0. The zero-order valence-corrected chi connectivity index (χ0v) is 11.3. The highest BCUT2D eigenvalue weighted by Gasteiger charge is 2.43. The molecule has 0 saturated carbocycles. The smallest absolute Gasteiger partial charge is 0.322 e. The van der Waals surface area contributed by atoms with Gasteiger partial charge in [-0.05, 0) is 20.3 Å². The Hall–Kier alpha value is -0.330. The molecule has 1 aliphatic heterocycles. The van der Waals surface area contributed by atoms with E-state index < -0.39 is 9.02 Å². The van der Waals surface area contributed by atoms with Gasteiger partial charge in [-0.3, -0.25) is 9.59 Å². The molecule has 0 amide bonds. The van der Waals surface area contributed by atoms with E-state index >= 15 is 0 Å². The summed E-state index contributed by atoms with van der Waals surface area (Å²) in [7, 11) is 0. The van der Waals surface area contributed by atoms with E-state index in [2.05, 4.69) is 22.6 Å². The topological polar surface area (TPSA) is 52.6 Å². The van der Waals surface area contributed by atoms with E-state index in [0.29, 0.717) is 6.42 Å². The van der Waals surface area contributed by atoms with Crippen molar-refractivity contribution >= 4 is 34.5 Å². The fourth-order valence-electron chi connectivity index (χ4n) is 1.18. The molecule has 86 valence electrons. The Morgan fingerprint density at radius 2 is 2.33 bits per heavy atom. The highest BCUT2D eigenvalue weighted by Crippen LogP contribution is 2.30. The molecule has 0 aromatic carbocycles. The van der Waals surface area contributed by atoms with Crippen molar-refractivity contribution in [1.82, 2.24) is 0 Å². The maximum atomic E-state index is 11.8. The summed E-state index contributed by atoms with van der Waals surface area (Å²) in [5.41, 5.74) is -0.782. The van der Waals surface area contributed by atoms with Crippen molar-refractivity contribution in [3.05, 3.63) is 0 Å². The number of halogens is 1. The van der Waals surface area contributed by atoms with Crippen molar-refractivity contribution in [1.29, 1.82) is 0 Å². The van der Waals surface area contributed by atoms with Gasteiger partial charge in [-0.15, -0.1) is 0 Å². The van der Waals surface area contributed by atoms with Gasteiger partial charge in [0.1, 0.15) is 10.0 Å². The minimum absolute atomic E-state index is 0.148. The first-order chi connectivity index (χ1) is 6.79. The van der Waals surface area contributed by atoms with Crippen LogP contribution >= 0.6 is 22.6 Å². The van der Waals surface area contributed by atoms with Crippen LogP contribution in [0.4, 0.5) is 0 Å². The molecular formula is C10H15IO4. The molecule has 4 nitrogen and oxygen atoms in total. The van der Waals surface area contributed by atoms with Crippen LogP contribution in [0.25, 0.3) is 0 Å². The third-order valence-corrected chi connectivity index (χ3v) is 3.69. The average Bonchev–Trinajstić information content (AvgIpc) is 2.46. The summed E-state index contributed by atoms with van der Waals surface area (Å²) >= 11 is 2.06. The number of carbonyl (C=O) groups is 2. The first-order valence-electron chi connectivity index (χ1n) is 4.87. The number of hydrogen-bond acceptors (Lipinski definition) is 4. The number of carbonyl (C=O) groups excluding carboxylic acids is 2. The second kappa shape index (κ2) is 4.27. The van der Waals surface area contributed by atoms with Crippen molar-refractivity contribution in [3.63, 3.8) is 0 Å². The van der Waals surface area contributed by atoms with Gasteiger partial charge in [0.2, 0.25) is 0 Å². The molecule has 1 saturated heterocycles. The second-order valence-electron chi connectivity index (χ2n) is 4.23. The van der Waals surface area contributed by atoms with E-state index in [0.717, 1.165) is 0 Å². The van der Waals surface area contributed by atoms with Gasteiger partial charge < -0.3 is 9.47 Å². The van der Waals surface area contributed by atoms with E-state index in [9.17, 15) is 9.59 Å². The van der Waals surface area contributed by atoms with Gasteiger partial charge in [-0.25, -0.2) is 0 Å². The average molecular weight is 326 g/mol. The summed E-state index contributed by atoms with van der Waals surface area (Å²) in [6.45, 7) is 5.62. The normalized spacial score (nSPS) is 29.5. The highest BCUT2D eigenvalue weighted by molar-refractivity contribution is 14.1. The predicted molar refractivity (Wildman–Crippen MR) is 62.8 cm³/mol. The summed E-state index contributed by atoms with van der Waals surface area (Å²) in [5.74, 6) is -0.594. The van der Waals surface area contributed by atoms with Crippen LogP contribution in [0.1, 0.15) is 33.6 Å². The Morgan fingerprint density at radius 1 is 1.73 bits per heavy atom. The third-order valence-electron chi connectivity index (χ3n) is 2.49. The van der Waals surface area contributed by atoms with Gasteiger partial charge in [0, 0.05) is 0 Å². The lowest BCUT2D eigenvalue weighted by Gasteiger charge is -2.26. The molecule has 0 N–H and O–H groups in total. The third kappa shape index (κ3) is 3.06. The molecule has 0 aliphatic carbocycles. The molecular weight excluding hydrogens is 311 g/mol. The summed E-state index contributed by atoms with van der Waals surface area (Å²) < 4.78 is 9.59. The van der Waals surface area contributed by atoms with E-state index in [4.69, 9.17) is 9.47 Å². The molecule has 0 aromatic heterocycles. The van der Waals surface area contributed by atoms with E-state index in [1.165, 1.54) is 0 Å². The number of ether oxygens (including phenoxy) is 2. The lowest BCUT2D eigenvalue weighted by atomic mass is 10.0. The van der Waals surface area contributed by atoms with Crippen molar-refractivity contribution < 1.29 is 19.1 Å². The van der Waals surface area contributed by atoms with E-state index in [1.807, 2.05) is 13.8 Å². The highest BCUT2D eigenvalue weighted by atomic mass is 127. The van der Waals surface area contributed by atoms with Crippen LogP contribution in [0.3, 0.4) is 0 Å². The molecule has 2 unspecified atom stereocenters. The van der Waals surface area contributed by atoms with Crippen molar-refractivity contribution in [3.8, 4) is 0 Å². The molecule has 0 spiro atoms. The Kier molecular flexibility index (Phi) is 3.63. The van der Waals surface area contributed by atoms with Crippen LogP contribution in [-0.4, -0.2) is 27.6 Å². The summed E-state index contributed by atoms with van der Waals surface area (Å²) in [5, 5.41) is 0. The second-order valence-corrected chi connectivity index (χ2v) is 6.61. The largest absolute Gasteiger partial charge is 0.461 e. The number of rotatable bonds is 3. The van der Waals surface area contributed by atoms with Gasteiger partial charge in [-0.2, -0.15) is 0 Å². The molecule has 0 aromatic rings. The van der Waals surface area contributed by atoms with Gasteiger partial charge in [0.15, 0.2) is 5.60 Å². The van der Waals surface area contributed by atoms with Gasteiger partial charge in [-0.1, -0.05) is 29.5 Å². The minimum Gasteiger partial charge on any atom is -0.461 e. The molecule has 0 radical (unpaired) electrons. The first kappa shape index (κ1) is 12.7. The summed E-state index contributed by atoms with van der Waals surface area (Å²) in [6.07, 6.45) is 0.840. The number of esters is 2. The van der Waals surface area contributed by atoms with Gasteiger partial charge in [0.05, 0.1) is 6.42 Å². The molecule has 0 bridgehead atoms. The predicted octanol–water partition coefficient (Wildman–Crippen LogP) is 1.84. The lowest BCUT2D eigenvalue weighted by Crippen LogP contribution is -2.39. The fourth-order valence-corrected chi connectivity index (χ4v) is 1.29. The van der Waals surface area contributed by atoms with Crippen molar-refractivity contribution in [2.45, 2.75) is 42.6 Å². The zero-order chi connectivity index (χ0) is 11.7. The van der Waals surface area contributed by atoms with Crippen molar-refractivity contribution in [2.75, 3.05) is 6.61 Å². The Bertz CT molecular complexity index is 287. The summed E-state index contributed by atoms with van der Waals surface area (Å²) in [6, 6.07) is 0. The van der Waals surface area contributed by atoms with Crippen LogP contribution in [-0.2, 0) is 19.1 Å². The van der Waals surface area contributed by atoms with Gasteiger partial charge >= 0.3 is 11.9 Å². The standard InChI is InChI=1S/C10H15IO4/c1-4-10(3,11)8(13)15-9(2)5-7(12)14-6-9/h4-6H2,1-3H3. The fraction of sp³-hybridized carbons (Fsp3) is 0.800. The quantitative estimate of drug-likeness (QED) is 0.451. The lowest BCUT2D eigenvalue weighted by molar-refractivity contribution is -0.160. The van der Waals surface area contributed by atoms with Gasteiger partial charge in [0.25, 0.3) is 0 Å². The van der Waals surface area contributed by atoms with Crippen LogP contribution in [0.2, 0.25) is 0 Å². The zero-order valence-electron chi connectivity index (χ0n) is 9.13. The monoisotopic (exact) mass is 326 g/mol. The van der Waals surface area contributed by atoms with E-state index in [1.54, 1.807) is 6.92 Å². The maximum absolute atomic E-state index is 11.8. The Labute approximate surface area is 103 Å². The van der Waals surface area contributed by atoms with Crippen LogP contribution in [0.5, 0.6) is 0 Å². The molecule has 1 aliphatic rings. The molecule has 1 rings (SSSR count). The Balaban J connectivity index is 2.62. The van der Waals surface area contributed by atoms with Crippen LogP contribution < -0.4 is 0 Å². The van der Waals surface area contributed by atoms with Crippen molar-refractivity contribution in [2.24, 2.45) is 0 Å².